The van der Waals surface area contributed by atoms with E-state index >= 15 is 0 Å². The molecule has 2 heterocycles. The number of hydrazine groups is 2. The van der Waals surface area contributed by atoms with Crippen molar-refractivity contribution in [2.75, 3.05) is 7.11 Å². The van der Waals surface area contributed by atoms with Crippen LogP contribution in [-0.4, -0.2) is 44.4 Å². The number of carbonyl (C=O) groups excluding carboxylic acids is 2. The smallest absolute Gasteiger partial charge is 0.337 e. The van der Waals surface area contributed by atoms with Gasteiger partial charge in [0.25, 0.3) is 5.91 Å². The maximum atomic E-state index is 11.4. The SMILES string of the molecule is COC(=O)c1ccc([C@H](C)Oc2nc(C)nc(C)c2C)cc1.Cc1nc(C)c(C)c(O[C@@H](C)c2ccc(C(=O)NN)cc2)n1.NN.O.S.S. The minimum absolute atomic E-state index is 0. The molecule has 0 saturated heterocycles. The highest BCUT2D eigenvalue weighted by Crippen LogP contribution is 2.26. The van der Waals surface area contributed by atoms with Gasteiger partial charge in [-0.15, -0.1) is 0 Å². The fraction of sp³-hybridized carbons (Fsp3) is 0.333. The van der Waals surface area contributed by atoms with Crippen molar-refractivity contribution in [3.05, 3.63) is 105 Å². The lowest BCUT2D eigenvalue weighted by atomic mass is 10.1. The van der Waals surface area contributed by atoms with E-state index in [0.717, 1.165) is 33.6 Å². The molecule has 49 heavy (non-hydrogen) atoms. The lowest BCUT2D eigenvalue weighted by molar-refractivity contribution is 0.0600. The van der Waals surface area contributed by atoms with Crippen molar-refractivity contribution in [2.24, 2.45) is 17.5 Å². The molecule has 4 rings (SSSR count). The van der Waals surface area contributed by atoms with Gasteiger partial charge in [0.1, 0.15) is 23.9 Å². The highest BCUT2D eigenvalue weighted by atomic mass is 32.1. The molecule has 4 aromatic rings. The molecule has 2 aromatic heterocycles. The number of hydrogen-bond acceptors (Lipinski definition) is 12. The van der Waals surface area contributed by atoms with Crippen LogP contribution in [0.4, 0.5) is 0 Å². The number of nitrogen functional groups attached to an aromatic ring is 1. The third-order valence-corrected chi connectivity index (χ3v) is 7.06. The zero-order valence-corrected chi connectivity index (χ0v) is 31.3. The van der Waals surface area contributed by atoms with Crippen molar-refractivity contribution in [2.45, 2.75) is 67.6 Å². The molecule has 270 valence electrons. The number of aromatic nitrogens is 4. The molecule has 0 saturated carbocycles. The molecule has 0 aliphatic heterocycles. The molecule has 1 amide bonds. The van der Waals surface area contributed by atoms with Crippen molar-refractivity contribution >= 4 is 38.9 Å². The van der Waals surface area contributed by atoms with Crippen molar-refractivity contribution < 1.29 is 29.3 Å². The molecule has 0 bridgehead atoms. The van der Waals surface area contributed by atoms with Gasteiger partial charge in [-0.05, 0) is 90.8 Å². The minimum atomic E-state index is -0.349. The lowest BCUT2D eigenvalue weighted by Gasteiger charge is -2.17. The number of amides is 1. The van der Waals surface area contributed by atoms with E-state index in [0.29, 0.717) is 34.5 Å². The highest BCUT2D eigenvalue weighted by molar-refractivity contribution is 7.59. The molecule has 0 spiro atoms. The van der Waals surface area contributed by atoms with Crippen LogP contribution in [0.3, 0.4) is 0 Å². The maximum Gasteiger partial charge on any atom is 0.337 e. The molecule has 0 fully saturated rings. The van der Waals surface area contributed by atoms with Crippen LogP contribution in [-0.2, 0) is 4.74 Å². The predicted molar refractivity (Wildman–Crippen MR) is 199 cm³/mol. The van der Waals surface area contributed by atoms with Crippen LogP contribution in [0.1, 0.15) is 92.1 Å². The van der Waals surface area contributed by atoms with Crippen LogP contribution in [0, 0.1) is 41.5 Å². The molecule has 9 N–H and O–H groups in total. The first-order valence-electron chi connectivity index (χ1n) is 14.4. The predicted octanol–water partition coefficient (Wildman–Crippen LogP) is 3.69. The summed E-state index contributed by atoms with van der Waals surface area (Å²) in [6.45, 7) is 15.3. The number of nitrogens with zero attached hydrogens (tertiary/aromatic N) is 4. The summed E-state index contributed by atoms with van der Waals surface area (Å²) in [5.41, 5.74) is 8.71. The number of methoxy groups -OCH3 is 1. The van der Waals surface area contributed by atoms with Gasteiger partial charge in [0, 0.05) is 28.1 Å². The van der Waals surface area contributed by atoms with Crippen LogP contribution >= 0.6 is 27.0 Å². The molecule has 0 unspecified atom stereocenters. The Morgan fingerprint density at radius 3 is 1.33 bits per heavy atom. The zero-order valence-electron chi connectivity index (χ0n) is 29.3. The second-order valence-electron chi connectivity index (χ2n) is 10.3. The van der Waals surface area contributed by atoms with E-state index in [1.54, 1.807) is 24.3 Å². The number of hydrogen-bond donors (Lipinski definition) is 4. The Hall–Kier alpha value is -4.32. The molecule has 2 aromatic carbocycles. The first kappa shape index (κ1) is 46.8. The summed E-state index contributed by atoms with van der Waals surface area (Å²) in [6.07, 6.45) is -0.374. The van der Waals surface area contributed by atoms with Crippen molar-refractivity contribution in [3.63, 3.8) is 0 Å². The van der Waals surface area contributed by atoms with E-state index < -0.39 is 0 Å². The second-order valence-corrected chi connectivity index (χ2v) is 10.3. The van der Waals surface area contributed by atoms with Crippen molar-refractivity contribution in [1.82, 2.24) is 25.4 Å². The first-order valence-corrected chi connectivity index (χ1v) is 14.4. The summed E-state index contributed by atoms with van der Waals surface area (Å²) in [5, 5.41) is 0. The van der Waals surface area contributed by atoms with E-state index in [9.17, 15) is 9.59 Å². The average Bonchev–Trinajstić information content (AvgIpc) is 3.06. The normalized spacial score (nSPS) is 10.8. The van der Waals surface area contributed by atoms with Gasteiger partial charge in [-0.1, -0.05) is 24.3 Å². The Morgan fingerprint density at radius 2 is 1.00 bits per heavy atom. The fourth-order valence-electron chi connectivity index (χ4n) is 4.17. The second kappa shape index (κ2) is 22.3. The number of ether oxygens (including phenoxy) is 3. The van der Waals surface area contributed by atoms with Crippen LogP contribution in [0.2, 0.25) is 0 Å². The van der Waals surface area contributed by atoms with Gasteiger partial charge in [-0.2, -0.15) is 37.0 Å². The number of nitrogens with two attached hydrogens (primary N) is 3. The van der Waals surface area contributed by atoms with Crippen LogP contribution in [0.15, 0.2) is 48.5 Å². The first-order chi connectivity index (χ1) is 21.8. The van der Waals surface area contributed by atoms with Gasteiger partial charge in [0.15, 0.2) is 0 Å². The molecule has 0 aliphatic carbocycles. The third-order valence-electron chi connectivity index (χ3n) is 7.06. The standard InChI is InChI=1S/C17H20N2O3.C16H20N4O2.H4N2.H2O.2H2S/c1-10-11(2)18-13(4)19-16(10)22-12(3)14-6-8-15(9-7-14)17(20)21-5;1-9-10(2)18-12(4)19-16(9)22-11(3)13-5-7-14(8-6-13)15(21)20-17;1-2;;;/h6-9,12H,1-5H3;5-8,11H,17H2,1-4H3,(H,20,21);1-2H2;3*1H2/t12-;11-;;;;/m00..../s1. The summed E-state index contributed by atoms with van der Waals surface area (Å²) in [4.78, 5) is 40.2. The van der Waals surface area contributed by atoms with Crippen LogP contribution in [0.25, 0.3) is 0 Å². The Morgan fingerprint density at radius 1 is 0.653 bits per heavy atom. The Bertz CT molecular complexity index is 1510. The summed E-state index contributed by atoms with van der Waals surface area (Å²) in [6, 6.07) is 14.3. The molecule has 0 aliphatic rings. The van der Waals surface area contributed by atoms with E-state index in [4.69, 9.17) is 15.3 Å². The van der Waals surface area contributed by atoms with Gasteiger partial charge in [-0.3, -0.25) is 21.9 Å². The zero-order chi connectivity index (χ0) is 34.6. The van der Waals surface area contributed by atoms with Crippen molar-refractivity contribution in [3.8, 4) is 11.8 Å². The van der Waals surface area contributed by atoms with Crippen molar-refractivity contribution in [1.29, 1.82) is 0 Å². The summed E-state index contributed by atoms with van der Waals surface area (Å²) in [7, 11) is 1.37. The fourth-order valence-corrected chi connectivity index (χ4v) is 4.17. The van der Waals surface area contributed by atoms with Gasteiger partial charge in [0.2, 0.25) is 11.8 Å². The number of benzene rings is 2. The number of carbonyl (C=O) groups is 2. The number of aryl methyl sites for hydroxylation is 4. The molecule has 0 radical (unpaired) electrons. The maximum absolute atomic E-state index is 11.4. The molecule has 14 nitrogen and oxygen atoms in total. The largest absolute Gasteiger partial charge is 0.469 e. The van der Waals surface area contributed by atoms with E-state index in [1.807, 2.05) is 79.7 Å². The van der Waals surface area contributed by atoms with E-state index in [1.165, 1.54) is 7.11 Å². The summed E-state index contributed by atoms with van der Waals surface area (Å²) >= 11 is 0. The Balaban J connectivity index is 0. The van der Waals surface area contributed by atoms with Crippen LogP contribution in [0.5, 0.6) is 11.8 Å². The topological polar surface area (TPSA) is 235 Å². The van der Waals surface area contributed by atoms with E-state index in [-0.39, 0.29) is 56.6 Å². The summed E-state index contributed by atoms with van der Waals surface area (Å²) < 4.78 is 16.6. The number of nitrogens with one attached hydrogen (secondary N) is 1. The quantitative estimate of drug-likeness (QED) is 0.0884. The lowest BCUT2D eigenvalue weighted by Crippen LogP contribution is -2.29. The van der Waals surface area contributed by atoms with Gasteiger partial charge in [0.05, 0.1) is 12.7 Å². The van der Waals surface area contributed by atoms with Gasteiger partial charge >= 0.3 is 5.97 Å². The molecular formula is C33H50N8O6S2. The van der Waals surface area contributed by atoms with Gasteiger partial charge in [-0.25, -0.2) is 20.6 Å². The third kappa shape index (κ3) is 13.2. The average molecular weight is 719 g/mol. The monoisotopic (exact) mass is 718 g/mol. The van der Waals surface area contributed by atoms with Crippen LogP contribution < -0.4 is 32.4 Å². The number of rotatable bonds is 8. The summed E-state index contributed by atoms with van der Waals surface area (Å²) in [5.74, 6) is 15.0. The number of esters is 1. The minimum Gasteiger partial charge on any atom is -0.469 e. The highest BCUT2D eigenvalue weighted by Gasteiger charge is 2.15. The van der Waals surface area contributed by atoms with E-state index in [2.05, 4.69) is 41.8 Å². The molecular weight excluding hydrogens is 669 g/mol. The Labute approximate surface area is 301 Å². The molecule has 16 heteroatoms. The molecule has 2 atom stereocenters. The van der Waals surface area contributed by atoms with Gasteiger partial charge < -0.3 is 19.7 Å². The Kier molecular flexibility index (Phi) is 21.3.